The molecule has 0 aromatic heterocycles. The molecule has 0 radical (unpaired) electrons. The summed E-state index contributed by atoms with van der Waals surface area (Å²) in [6, 6.07) is 14.1. The maximum atomic E-state index is 13.8. The highest BCUT2D eigenvalue weighted by molar-refractivity contribution is 5.65. The molecule has 0 amide bonds. The van der Waals surface area contributed by atoms with Gasteiger partial charge in [-0.1, -0.05) is 61.3 Å². The minimum Gasteiger partial charge on any atom is -0.206 e. The van der Waals surface area contributed by atoms with Crippen LogP contribution in [0, 0.1) is 34.4 Å². The SMILES string of the molecule is C=C/C(=C/C(C)(C)C#Cc1ccc(-c2ccc(C#N)c(F)c2)cc1)CC. The van der Waals surface area contributed by atoms with Gasteiger partial charge in [0.15, 0.2) is 0 Å². The molecule has 0 spiro atoms. The summed E-state index contributed by atoms with van der Waals surface area (Å²) in [4.78, 5) is 0. The molecule has 2 rings (SSSR count). The molecule has 1 nitrogen and oxygen atoms in total. The van der Waals surface area contributed by atoms with E-state index in [2.05, 4.69) is 45.3 Å². The molecule has 130 valence electrons. The first-order chi connectivity index (χ1) is 12.4. The molecule has 2 aromatic carbocycles. The van der Waals surface area contributed by atoms with Crippen LogP contribution in [-0.2, 0) is 0 Å². The summed E-state index contributed by atoms with van der Waals surface area (Å²) in [5, 5.41) is 8.81. The van der Waals surface area contributed by atoms with Crippen LogP contribution in [0.3, 0.4) is 0 Å². The molecule has 0 saturated carbocycles. The van der Waals surface area contributed by atoms with Crippen LogP contribution in [0.4, 0.5) is 4.39 Å². The van der Waals surface area contributed by atoms with E-state index in [9.17, 15) is 4.39 Å². The Morgan fingerprint density at radius 1 is 1.15 bits per heavy atom. The van der Waals surface area contributed by atoms with Crippen LogP contribution in [0.25, 0.3) is 11.1 Å². The molecular weight excluding hydrogens is 321 g/mol. The average Bonchev–Trinajstić information content (AvgIpc) is 2.65. The van der Waals surface area contributed by atoms with Gasteiger partial charge in [0.05, 0.1) is 5.56 Å². The van der Waals surface area contributed by atoms with E-state index in [0.717, 1.165) is 23.1 Å². The standard InChI is InChI=1S/C24H22FN/c1-5-18(6-2)16-24(3,4)14-13-19-7-9-20(10-8-19)21-11-12-22(17-26)23(25)15-21/h5,7-12,15-16H,1,6H2,2-4H3/b18-16-. The van der Waals surface area contributed by atoms with E-state index in [1.54, 1.807) is 6.07 Å². The van der Waals surface area contributed by atoms with Gasteiger partial charge < -0.3 is 0 Å². The van der Waals surface area contributed by atoms with Gasteiger partial charge in [-0.25, -0.2) is 4.39 Å². The minimum absolute atomic E-state index is 0.0532. The number of nitrogens with zero attached hydrogens (tertiary/aromatic N) is 1. The van der Waals surface area contributed by atoms with Crippen molar-refractivity contribution in [1.29, 1.82) is 5.26 Å². The summed E-state index contributed by atoms with van der Waals surface area (Å²) >= 11 is 0. The van der Waals surface area contributed by atoms with Crippen molar-refractivity contribution in [2.24, 2.45) is 5.41 Å². The van der Waals surface area contributed by atoms with Gasteiger partial charge in [0, 0.05) is 11.0 Å². The molecule has 2 aromatic rings. The largest absolute Gasteiger partial charge is 0.206 e. The Balaban J connectivity index is 2.24. The van der Waals surface area contributed by atoms with Crippen LogP contribution in [0.1, 0.15) is 38.3 Å². The first-order valence-corrected chi connectivity index (χ1v) is 8.56. The lowest BCUT2D eigenvalue weighted by atomic mass is 9.90. The van der Waals surface area contributed by atoms with Gasteiger partial charge in [0.2, 0.25) is 0 Å². The average molecular weight is 343 g/mol. The number of rotatable bonds is 4. The molecule has 0 heterocycles. The summed E-state index contributed by atoms with van der Waals surface area (Å²) in [5.41, 5.74) is 3.52. The number of hydrogen-bond donors (Lipinski definition) is 0. The van der Waals surface area contributed by atoms with Gasteiger partial charge in [-0.2, -0.15) is 5.26 Å². The van der Waals surface area contributed by atoms with Crippen LogP contribution < -0.4 is 0 Å². The van der Waals surface area contributed by atoms with E-state index < -0.39 is 5.82 Å². The lowest BCUT2D eigenvalue weighted by Gasteiger charge is -2.13. The Kier molecular flexibility index (Phi) is 6.16. The lowest BCUT2D eigenvalue weighted by molar-refractivity contribution is 0.624. The third kappa shape index (κ3) is 4.95. The molecular formula is C24H22FN. The molecule has 0 fully saturated rings. The number of hydrogen-bond acceptors (Lipinski definition) is 1. The first kappa shape index (κ1) is 19.2. The summed E-state index contributed by atoms with van der Waals surface area (Å²) in [7, 11) is 0. The van der Waals surface area contributed by atoms with Gasteiger partial charge in [-0.05, 0) is 55.7 Å². The van der Waals surface area contributed by atoms with E-state index in [-0.39, 0.29) is 11.0 Å². The predicted octanol–water partition coefficient (Wildman–Crippen LogP) is 6.26. The summed E-state index contributed by atoms with van der Waals surface area (Å²) in [6.07, 6.45) is 4.94. The zero-order valence-electron chi connectivity index (χ0n) is 15.4. The fourth-order valence-corrected chi connectivity index (χ4v) is 2.57. The van der Waals surface area contributed by atoms with Crippen molar-refractivity contribution in [3.8, 4) is 29.0 Å². The molecule has 0 atom stereocenters. The Morgan fingerprint density at radius 2 is 1.81 bits per heavy atom. The number of nitriles is 1. The van der Waals surface area contributed by atoms with Crippen molar-refractivity contribution in [2.45, 2.75) is 27.2 Å². The van der Waals surface area contributed by atoms with E-state index in [1.165, 1.54) is 17.7 Å². The second kappa shape index (κ2) is 8.32. The molecule has 0 N–H and O–H groups in total. The normalized spacial score (nSPS) is 11.3. The first-order valence-electron chi connectivity index (χ1n) is 8.56. The van der Waals surface area contributed by atoms with Gasteiger partial charge in [0.25, 0.3) is 0 Å². The monoisotopic (exact) mass is 343 g/mol. The van der Waals surface area contributed by atoms with E-state index in [0.29, 0.717) is 0 Å². The van der Waals surface area contributed by atoms with Crippen LogP contribution in [0.15, 0.2) is 66.8 Å². The van der Waals surface area contributed by atoms with Gasteiger partial charge in [-0.3, -0.25) is 0 Å². The van der Waals surface area contributed by atoms with Crippen molar-refractivity contribution in [2.75, 3.05) is 0 Å². The minimum atomic E-state index is -0.503. The number of benzene rings is 2. The maximum absolute atomic E-state index is 13.8. The van der Waals surface area contributed by atoms with Gasteiger partial charge in [-0.15, -0.1) is 0 Å². The van der Waals surface area contributed by atoms with Gasteiger partial charge >= 0.3 is 0 Å². The predicted molar refractivity (Wildman–Crippen MR) is 106 cm³/mol. The summed E-state index contributed by atoms with van der Waals surface area (Å²) < 4.78 is 13.8. The fourth-order valence-electron chi connectivity index (χ4n) is 2.57. The topological polar surface area (TPSA) is 23.8 Å². The molecule has 26 heavy (non-hydrogen) atoms. The number of allylic oxidation sites excluding steroid dienone is 3. The smallest absolute Gasteiger partial charge is 0.141 e. The molecule has 0 bridgehead atoms. The van der Waals surface area contributed by atoms with Crippen LogP contribution >= 0.6 is 0 Å². The third-order valence-electron chi connectivity index (χ3n) is 4.05. The van der Waals surface area contributed by atoms with Crippen molar-refractivity contribution < 1.29 is 4.39 Å². The van der Waals surface area contributed by atoms with Crippen LogP contribution in [-0.4, -0.2) is 0 Å². The van der Waals surface area contributed by atoms with E-state index in [4.69, 9.17) is 5.26 Å². The van der Waals surface area contributed by atoms with E-state index >= 15 is 0 Å². The van der Waals surface area contributed by atoms with Crippen LogP contribution in [0.5, 0.6) is 0 Å². The maximum Gasteiger partial charge on any atom is 0.141 e. The molecule has 0 aliphatic rings. The van der Waals surface area contributed by atoms with E-state index in [1.807, 2.05) is 36.4 Å². The Labute approximate surface area is 155 Å². The van der Waals surface area contributed by atoms with Crippen LogP contribution in [0.2, 0.25) is 0 Å². The van der Waals surface area contributed by atoms with Crippen molar-refractivity contribution in [3.05, 3.63) is 83.7 Å². The molecule has 0 saturated heterocycles. The summed E-state index contributed by atoms with van der Waals surface area (Å²) in [6.45, 7) is 10.1. The van der Waals surface area contributed by atoms with Gasteiger partial charge in [0.1, 0.15) is 11.9 Å². The highest BCUT2D eigenvalue weighted by Crippen LogP contribution is 2.23. The van der Waals surface area contributed by atoms with Crippen molar-refractivity contribution in [3.63, 3.8) is 0 Å². The van der Waals surface area contributed by atoms with Crippen molar-refractivity contribution >= 4 is 0 Å². The molecule has 0 aliphatic carbocycles. The Bertz CT molecular complexity index is 929. The molecule has 0 aliphatic heterocycles. The quantitative estimate of drug-likeness (QED) is 0.474. The Morgan fingerprint density at radius 3 is 2.35 bits per heavy atom. The summed E-state index contributed by atoms with van der Waals surface area (Å²) in [5.74, 6) is 5.99. The molecule has 0 unspecified atom stereocenters. The molecule has 2 heteroatoms. The second-order valence-corrected chi connectivity index (χ2v) is 6.63. The highest BCUT2D eigenvalue weighted by Gasteiger charge is 2.11. The highest BCUT2D eigenvalue weighted by atomic mass is 19.1. The zero-order chi connectivity index (χ0) is 19.2. The van der Waals surface area contributed by atoms with Crippen molar-refractivity contribution in [1.82, 2.24) is 0 Å². The Hall–Kier alpha value is -3.10. The second-order valence-electron chi connectivity index (χ2n) is 6.63. The lowest BCUT2D eigenvalue weighted by Crippen LogP contribution is -2.04. The third-order valence-corrected chi connectivity index (χ3v) is 4.05. The number of halogens is 1. The fraction of sp³-hybridized carbons (Fsp3) is 0.208. The zero-order valence-corrected chi connectivity index (χ0v) is 15.4.